The van der Waals surface area contributed by atoms with Gasteiger partial charge in [0.1, 0.15) is 0 Å². The van der Waals surface area contributed by atoms with Crippen LogP contribution in [0.1, 0.15) is 47.7 Å². The molecule has 0 saturated carbocycles. The second-order valence-corrected chi connectivity index (χ2v) is 5.32. The minimum Gasteiger partial charge on any atom is -0.309 e. The third kappa shape index (κ3) is 2.94. The summed E-state index contributed by atoms with van der Waals surface area (Å²) < 4.78 is 0. The lowest BCUT2D eigenvalue weighted by molar-refractivity contribution is 0.679. The molecular formula is C19H25N. The Morgan fingerprint density at radius 1 is 0.950 bits per heavy atom. The fraction of sp³-hybridized carbons (Fsp3) is 0.368. The van der Waals surface area contributed by atoms with E-state index in [0.29, 0.717) is 0 Å². The third-order valence-corrected chi connectivity index (χ3v) is 4.10. The minimum absolute atomic E-state index is 0.276. The molecule has 0 bridgehead atoms. The number of nitrogens with one attached hydrogen (secondary N) is 1. The zero-order chi connectivity index (χ0) is 14.5. The molecule has 1 nitrogen and oxygen atoms in total. The fourth-order valence-electron chi connectivity index (χ4n) is 2.84. The molecule has 0 aliphatic rings. The molecule has 0 aliphatic carbocycles. The Bertz CT molecular complexity index is 572. The quantitative estimate of drug-likeness (QED) is 0.845. The van der Waals surface area contributed by atoms with E-state index in [4.69, 9.17) is 0 Å². The van der Waals surface area contributed by atoms with Crippen LogP contribution >= 0.6 is 0 Å². The number of hydrogen-bond donors (Lipinski definition) is 1. The highest BCUT2D eigenvalue weighted by Gasteiger charge is 2.17. The molecule has 1 unspecified atom stereocenters. The normalized spacial score (nSPS) is 12.4. The predicted molar refractivity (Wildman–Crippen MR) is 87.3 cm³/mol. The van der Waals surface area contributed by atoms with Crippen molar-refractivity contribution >= 4 is 0 Å². The van der Waals surface area contributed by atoms with Gasteiger partial charge in [-0.1, -0.05) is 56.3 Å². The first-order valence-electron chi connectivity index (χ1n) is 7.55. The molecule has 0 fully saturated rings. The Labute approximate surface area is 123 Å². The van der Waals surface area contributed by atoms with Crippen molar-refractivity contribution in [2.45, 2.75) is 39.7 Å². The molecule has 2 aromatic carbocycles. The summed E-state index contributed by atoms with van der Waals surface area (Å²) in [5, 5.41) is 3.50. The van der Waals surface area contributed by atoms with Crippen molar-refractivity contribution in [3.8, 4) is 0 Å². The van der Waals surface area contributed by atoms with Crippen molar-refractivity contribution in [2.24, 2.45) is 0 Å². The van der Waals surface area contributed by atoms with Gasteiger partial charge < -0.3 is 5.32 Å². The first-order valence-corrected chi connectivity index (χ1v) is 7.55. The molecule has 0 saturated heterocycles. The van der Waals surface area contributed by atoms with Gasteiger partial charge in [-0.25, -0.2) is 0 Å². The molecule has 0 amide bonds. The lowest BCUT2D eigenvalue weighted by Gasteiger charge is -2.23. The highest BCUT2D eigenvalue weighted by atomic mass is 14.9. The highest BCUT2D eigenvalue weighted by Crippen LogP contribution is 2.28. The van der Waals surface area contributed by atoms with E-state index >= 15 is 0 Å². The van der Waals surface area contributed by atoms with E-state index in [-0.39, 0.29) is 6.04 Å². The van der Waals surface area contributed by atoms with Gasteiger partial charge in [-0.15, -0.1) is 0 Å². The topological polar surface area (TPSA) is 12.0 Å². The highest BCUT2D eigenvalue weighted by molar-refractivity contribution is 5.42. The first-order chi connectivity index (χ1) is 9.71. The molecule has 1 heteroatoms. The molecule has 0 radical (unpaired) electrons. The number of aryl methyl sites for hydroxylation is 3. The van der Waals surface area contributed by atoms with Crippen molar-refractivity contribution in [1.29, 1.82) is 0 Å². The van der Waals surface area contributed by atoms with Crippen LogP contribution in [-0.2, 0) is 12.8 Å². The minimum atomic E-state index is 0.276. The Morgan fingerprint density at radius 2 is 1.70 bits per heavy atom. The van der Waals surface area contributed by atoms with Crippen LogP contribution in [0.3, 0.4) is 0 Å². The summed E-state index contributed by atoms with van der Waals surface area (Å²) in [7, 11) is 2.05. The summed E-state index contributed by atoms with van der Waals surface area (Å²) in [6, 6.07) is 15.8. The van der Waals surface area contributed by atoms with Gasteiger partial charge in [-0.2, -0.15) is 0 Å². The van der Waals surface area contributed by atoms with Gasteiger partial charge >= 0.3 is 0 Å². The Morgan fingerprint density at radius 3 is 2.30 bits per heavy atom. The molecule has 1 N–H and O–H groups in total. The van der Waals surface area contributed by atoms with E-state index < -0.39 is 0 Å². The van der Waals surface area contributed by atoms with Crippen molar-refractivity contribution in [2.75, 3.05) is 7.05 Å². The summed E-state index contributed by atoms with van der Waals surface area (Å²) in [6.07, 6.45) is 2.16. The summed E-state index contributed by atoms with van der Waals surface area (Å²) in [4.78, 5) is 0. The second-order valence-electron chi connectivity index (χ2n) is 5.32. The van der Waals surface area contributed by atoms with Crippen LogP contribution in [0.25, 0.3) is 0 Å². The van der Waals surface area contributed by atoms with Gasteiger partial charge in [0, 0.05) is 0 Å². The van der Waals surface area contributed by atoms with Crippen LogP contribution < -0.4 is 5.32 Å². The molecule has 0 heterocycles. The molecular weight excluding hydrogens is 242 g/mol. The van der Waals surface area contributed by atoms with Crippen LogP contribution in [0.2, 0.25) is 0 Å². The monoisotopic (exact) mass is 267 g/mol. The van der Waals surface area contributed by atoms with E-state index in [1.165, 1.54) is 27.8 Å². The summed E-state index contributed by atoms with van der Waals surface area (Å²) in [5.74, 6) is 0. The van der Waals surface area contributed by atoms with Gasteiger partial charge in [0.2, 0.25) is 0 Å². The van der Waals surface area contributed by atoms with Crippen LogP contribution in [0.4, 0.5) is 0 Å². The molecule has 2 aromatic rings. The maximum Gasteiger partial charge on any atom is 0.0579 e. The molecule has 2 rings (SSSR count). The average Bonchev–Trinajstić information content (AvgIpc) is 2.49. The summed E-state index contributed by atoms with van der Waals surface area (Å²) >= 11 is 0. The smallest absolute Gasteiger partial charge is 0.0579 e. The van der Waals surface area contributed by atoms with Crippen LogP contribution in [0.15, 0.2) is 42.5 Å². The fourth-order valence-corrected chi connectivity index (χ4v) is 2.84. The first kappa shape index (κ1) is 14.8. The van der Waals surface area contributed by atoms with Crippen LogP contribution in [0.5, 0.6) is 0 Å². The summed E-state index contributed by atoms with van der Waals surface area (Å²) in [6.45, 7) is 6.64. The Kier molecular flexibility index (Phi) is 4.97. The number of benzene rings is 2. The molecule has 106 valence electrons. The Balaban J connectivity index is 2.54. The largest absolute Gasteiger partial charge is 0.309 e. The van der Waals surface area contributed by atoms with Gasteiger partial charge in [-0.05, 0) is 54.6 Å². The molecule has 20 heavy (non-hydrogen) atoms. The lowest BCUT2D eigenvalue weighted by atomic mass is 9.89. The lowest BCUT2D eigenvalue weighted by Crippen LogP contribution is -2.20. The van der Waals surface area contributed by atoms with Crippen molar-refractivity contribution in [1.82, 2.24) is 5.32 Å². The molecule has 0 aromatic heterocycles. The Hall–Kier alpha value is -1.60. The molecule has 0 aliphatic heterocycles. The van der Waals surface area contributed by atoms with E-state index in [0.717, 1.165) is 12.8 Å². The maximum absolute atomic E-state index is 3.50. The third-order valence-electron chi connectivity index (χ3n) is 4.10. The van der Waals surface area contributed by atoms with Gasteiger partial charge in [0.25, 0.3) is 0 Å². The van der Waals surface area contributed by atoms with Crippen molar-refractivity contribution in [3.05, 3.63) is 70.3 Å². The number of rotatable bonds is 5. The van der Waals surface area contributed by atoms with E-state index in [9.17, 15) is 0 Å². The second kappa shape index (κ2) is 6.71. The SMILES string of the molecule is CCc1ccc(CC)c(C(NC)c2ccccc2C)c1. The van der Waals surface area contributed by atoms with Crippen molar-refractivity contribution < 1.29 is 0 Å². The van der Waals surface area contributed by atoms with Crippen molar-refractivity contribution in [3.63, 3.8) is 0 Å². The van der Waals surface area contributed by atoms with Crippen LogP contribution in [-0.4, -0.2) is 7.05 Å². The number of hydrogen-bond acceptors (Lipinski definition) is 1. The zero-order valence-corrected chi connectivity index (χ0v) is 13.0. The standard InChI is InChI=1S/C19H25N/c1-5-15-11-12-16(6-2)18(13-15)19(20-4)17-10-8-7-9-14(17)3/h7-13,19-20H,5-6H2,1-4H3. The summed E-state index contributed by atoms with van der Waals surface area (Å²) in [5.41, 5.74) is 6.98. The van der Waals surface area contributed by atoms with E-state index in [1.807, 2.05) is 0 Å². The van der Waals surface area contributed by atoms with Gasteiger partial charge in [0.05, 0.1) is 6.04 Å². The predicted octanol–water partition coefficient (Wildman–Crippen LogP) is 4.43. The zero-order valence-electron chi connectivity index (χ0n) is 13.0. The van der Waals surface area contributed by atoms with E-state index in [1.54, 1.807) is 0 Å². The molecule has 1 atom stereocenters. The average molecular weight is 267 g/mol. The van der Waals surface area contributed by atoms with Crippen LogP contribution in [0, 0.1) is 6.92 Å². The van der Waals surface area contributed by atoms with E-state index in [2.05, 4.69) is 75.6 Å². The maximum atomic E-state index is 3.50. The molecule has 0 spiro atoms. The van der Waals surface area contributed by atoms with Gasteiger partial charge in [0.15, 0.2) is 0 Å². The van der Waals surface area contributed by atoms with Gasteiger partial charge in [-0.3, -0.25) is 0 Å².